The third-order valence-electron chi connectivity index (χ3n) is 3.61. The van der Waals surface area contributed by atoms with Gasteiger partial charge in [0, 0.05) is 24.8 Å². The molecule has 1 N–H and O–H groups in total. The fraction of sp³-hybridized carbons (Fsp3) is 0.250. The summed E-state index contributed by atoms with van der Waals surface area (Å²) in [6, 6.07) is 11.4. The summed E-state index contributed by atoms with van der Waals surface area (Å²) in [5.41, 5.74) is 2.11. The van der Waals surface area contributed by atoms with E-state index in [1.54, 1.807) is 12.3 Å². The molecule has 2 aromatic rings. The molecule has 102 valence electrons. The lowest BCUT2D eigenvalue weighted by Crippen LogP contribution is -2.22. The highest BCUT2D eigenvalue weighted by molar-refractivity contribution is 5.95. The summed E-state index contributed by atoms with van der Waals surface area (Å²) >= 11 is 0. The molecular formula is C16H16N2O2. The van der Waals surface area contributed by atoms with Crippen molar-refractivity contribution >= 4 is 11.8 Å². The first-order chi connectivity index (χ1) is 9.75. The molecule has 1 aromatic heterocycles. The highest BCUT2D eigenvalue weighted by Crippen LogP contribution is 2.27. The van der Waals surface area contributed by atoms with Crippen LogP contribution in [0.1, 0.15) is 23.2 Å². The summed E-state index contributed by atoms with van der Waals surface area (Å²) in [6.45, 7) is 1.77. The molecule has 3 rings (SSSR count). The number of aromatic carboxylic acids is 1. The van der Waals surface area contributed by atoms with Crippen molar-refractivity contribution in [2.75, 3.05) is 18.0 Å². The van der Waals surface area contributed by atoms with Gasteiger partial charge in [-0.2, -0.15) is 0 Å². The molecule has 1 saturated heterocycles. The maximum atomic E-state index is 11.5. The van der Waals surface area contributed by atoms with Crippen LogP contribution in [-0.4, -0.2) is 29.1 Å². The van der Waals surface area contributed by atoms with Gasteiger partial charge in [0.2, 0.25) is 0 Å². The molecule has 4 heteroatoms. The number of rotatable bonds is 3. The van der Waals surface area contributed by atoms with Crippen LogP contribution in [0.15, 0.2) is 42.6 Å². The Morgan fingerprint density at radius 1 is 1.10 bits per heavy atom. The number of nitrogens with zero attached hydrogens (tertiary/aromatic N) is 2. The molecule has 0 amide bonds. The second-order valence-corrected chi connectivity index (χ2v) is 4.96. The van der Waals surface area contributed by atoms with Crippen LogP contribution in [0.3, 0.4) is 0 Å². The number of carboxylic acid groups (broad SMARTS) is 1. The zero-order chi connectivity index (χ0) is 13.9. The summed E-state index contributed by atoms with van der Waals surface area (Å²) in [5.74, 6) is -0.327. The number of carboxylic acids is 1. The van der Waals surface area contributed by atoms with Gasteiger partial charge in [-0.25, -0.2) is 9.78 Å². The summed E-state index contributed by atoms with van der Waals surface area (Å²) in [4.78, 5) is 18.0. The quantitative estimate of drug-likeness (QED) is 0.929. The molecule has 1 aliphatic rings. The van der Waals surface area contributed by atoms with E-state index in [0.717, 1.165) is 37.1 Å². The van der Waals surface area contributed by atoms with Gasteiger partial charge in [0.15, 0.2) is 0 Å². The molecule has 0 bridgehead atoms. The Kier molecular flexibility index (Phi) is 3.37. The standard InChI is InChI=1S/C16H16N2O2/c19-16(20)14-10-13(12-6-2-1-3-7-12)11-17-15(14)18-8-4-5-9-18/h1-3,6-7,10-11H,4-5,8-9H2,(H,19,20). The van der Waals surface area contributed by atoms with Gasteiger partial charge in [-0.3, -0.25) is 0 Å². The highest BCUT2D eigenvalue weighted by atomic mass is 16.4. The molecule has 0 atom stereocenters. The van der Waals surface area contributed by atoms with Gasteiger partial charge < -0.3 is 10.0 Å². The third kappa shape index (κ3) is 2.37. The fourth-order valence-electron chi connectivity index (χ4n) is 2.58. The molecule has 2 heterocycles. The van der Waals surface area contributed by atoms with Crippen LogP contribution in [0.4, 0.5) is 5.82 Å². The van der Waals surface area contributed by atoms with Crippen LogP contribution < -0.4 is 4.90 Å². The molecule has 4 nitrogen and oxygen atoms in total. The van der Waals surface area contributed by atoms with Gasteiger partial charge in [0.05, 0.1) is 0 Å². The number of benzene rings is 1. The van der Waals surface area contributed by atoms with Crippen molar-refractivity contribution in [3.63, 3.8) is 0 Å². The third-order valence-corrected chi connectivity index (χ3v) is 3.61. The van der Waals surface area contributed by atoms with E-state index in [4.69, 9.17) is 0 Å². The predicted molar refractivity (Wildman–Crippen MR) is 78.1 cm³/mol. The zero-order valence-corrected chi connectivity index (χ0v) is 11.1. The predicted octanol–water partition coefficient (Wildman–Crippen LogP) is 3.05. The van der Waals surface area contributed by atoms with E-state index >= 15 is 0 Å². The van der Waals surface area contributed by atoms with Crippen molar-refractivity contribution in [3.05, 3.63) is 48.2 Å². The average Bonchev–Trinajstić information content (AvgIpc) is 3.01. The number of hydrogen-bond donors (Lipinski definition) is 1. The van der Waals surface area contributed by atoms with E-state index in [2.05, 4.69) is 9.88 Å². The van der Waals surface area contributed by atoms with Crippen molar-refractivity contribution in [2.45, 2.75) is 12.8 Å². The molecule has 20 heavy (non-hydrogen) atoms. The van der Waals surface area contributed by atoms with E-state index < -0.39 is 5.97 Å². The van der Waals surface area contributed by atoms with E-state index in [1.807, 2.05) is 30.3 Å². The summed E-state index contributed by atoms with van der Waals surface area (Å²) in [6.07, 6.45) is 3.96. The minimum atomic E-state index is -0.919. The van der Waals surface area contributed by atoms with Crippen LogP contribution in [0.5, 0.6) is 0 Å². The summed E-state index contributed by atoms with van der Waals surface area (Å²) in [7, 11) is 0. The fourth-order valence-corrected chi connectivity index (χ4v) is 2.58. The Bertz CT molecular complexity index is 620. The maximum absolute atomic E-state index is 11.5. The van der Waals surface area contributed by atoms with Crippen molar-refractivity contribution in [1.29, 1.82) is 0 Å². The summed E-state index contributed by atoms with van der Waals surface area (Å²) in [5, 5.41) is 9.43. The van der Waals surface area contributed by atoms with Crippen LogP contribution in [-0.2, 0) is 0 Å². The molecule has 1 fully saturated rings. The van der Waals surface area contributed by atoms with E-state index in [0.29, 0.717) is 5.82 Å². The molecular weight excluding hydrogens is 252 g/mol. The van der Waals surface area contributed by atoms with Crippen molar-refractivity contribution in [3.8, 4) is 11.1 Å². The monoisotopic (exact) mass is 268 g/mol. The minimum Gasteiger partial charge on any atom is -0.478 e. The Labute approximate surface area is 117 Å². The minimum absolute atomic E-state index is 0.285. The number of hydrogen-bond acceptors (Lipinski definition) is 3. The lowest BCUT2D eigenvalue weighted by atomic mass is 10.1. The Morgan fingerprint density at radius 3 is 2.45 bits per heavy atom. The van der Waals surface area contributed by atoms with Crippen molar-refractivity contribution in [2.24, 2.45) is 0 Å². The maximum Gasteiger partial charge on any atom is 0.339 e. The molecule has 0 saturated carbocycles. The van der Waals surface area contributed by atoms with Crippen LogP contribution >= 0.6 is 0 Å². The first kappa shape index (κ1) is 12.7. The second-order valence-electron chi connectivity index (χ2n) is 4.96. The largest absolute Gasteiger partial charge is 0.478 e. The van der Waals surface area contributed by atoms with Crippen LogP contribution in [0.2, 0.25) is 0 Å². The van der Waals surface area contributed by atoms with Crippen molar-refractivity contribution in [1.82, 2.24) is 4.98 Å². The van der Waals surface area contributed by atoms with Crippen molar-refractivity contribution < 1.29 is 9.90 Å². The van der Waals surface area contributed by atoms with E-state index in [1.165, 1.54) is 0 Å². The number of carbonyl (C=O) groups is 1. The van der Waals surface area contributed by atoms with Gasteiger partial charge >= 0.3 is 5.97 Å². The zero-order valence-electron chi connectivity index (χ0n) is 11.1. The topological polar surface area (TPSA) is 53.4 Å². The van der Waals surface area contributed by atoms with E-state index in [9.17, 15) is 9.90 Å². The Hall–Kier alpha value is -2.36. The van der Waals surface area contributed by atoms with Gasteiger partial charge in [0.1, 0.15) is 11.4 Å². The first-order valence-corrected chi connectivity index (χ1v) is 6.79. The first-order valence-electron chi connectivity index (χ1n) is 6.79. The second kappa shape index (κ2) is 5.33. The number of aromatic nitrogens is 1. The molecule has 0 aliphatic carbocycles. The molecule has 0 radical (unpaired) electrons. The smallest absolute Gasteiger partial charge is 0.339 e. The lowest BCUT2D eigenvalue weighted by Gasteiger charge is -2.19. The number of pyridine rings is 1. The SMILES string of the molecule is O=C(O)c1cc(-c2ccccc2)cnc1N1CCCC1. The van der Waals surface area contributed by atoms with Crippen LogP contribution in [0.25, 0.3) is 11.1 Å². The molecule has 0 unspecified atom stereocenters. The van der Waals surface area contributed by atoms with Crippen LogP contribution in [0, 0.1) is 0 Å². The highest BCUT2D eigenvalue weighted by Gasteiger charge is 2.21. The van der Waals surface area contributed by atoms with Gasteiger partial charge in [-0.15, -0.1) is 0 Å². The van der Waals surface area contributed by atoms with E-state index in [-0.39, 0.29) is 5.56 Å². The Balaban J connectivity index is 2.04. The van der Waals surface area contributed by atoms with Gasteiger partial charge in [-0.05, 0) is 24.5 Å². The summed E-state index contributed by atoms with van der Waals surface area (Å²) < 4.78 is 0. The molecule has 1 aromatic carbocycles. The van der Waals surface area contributed by atoms with Gasteiger partial charge in [-0.1, -0.05) is 30.3 Å². The number of anilines is 1. The average molecular weight is 268 g/mol. The van der Waals surface area contributed by atoms with Gasteiger partial charge in [0.25, 0.3) is 0 Å². The Morgan fingerprint density at radius 2 is 1.80 bits per heavy atom. The molecule has 0 spiro atoms. The lowest BCUT2D eigenvalue weighted by molar-refractivity contribution is 0.0697. The molecule has 1 aliphatic heterocycles. The normalized spacial score (nSPS) is 14.5.